The molecule has 3 rings (SSSR count). The lowest BCUT2D eigenvalue weighted by molar-refractivity contribution is 0.467. The van der Waals surface area contributed by atoms with Crippen molar-refractivity contribution in [1.82, 2.24) is 25.4 Å². The second kappa shape index (κ2) is 8.54. The second-order valence-electron chi connectivity index (χ2n) is 6.71. The molecule has 2 aromatic rings. The van der Waals surface area contributed by atoms with Crippen molar-refractivity contribution in [1.29, 1.82) is 5.26 Å². The van der Waals surface area contributed by atoms with Gasteiger partial charge < -0.3 is 20.1 Å². The van der Waals surface area contributed by atoms with Crippen LogP contribution in [0.5, 0.6) is 0 Å². The lowest BCUT2D eigenvalue weighted by Crippen LogP contribution is -2.51. The molecule has 2 heterocycles. The van der Waals surface area contributed by atoms with Gasteiger partial charge in [0.2, 0.25) is 0 Å². The van der Waals surface area contributed by atoms with Crippen LogP contribution in [0.3, 0.4) is 0 Å². The molecule has 1 aromatic heterocycles. The van der Waals surface area contributed by atoms with Gasteiger partial charge >= 0.3 is 0 Å². The van der Waals surface area contributed by atoms with Gasteiger partial charge in [0.1, 0.15) is 11.9 Å². The molecule has 1 unspecified atom stereocenters. The van der Waals surface area contributed by atoms with E-state index in [9.17, 15) is 5.26 Å². The molecule has 1 aliphatic rings. The number of nitrogens with zero attached hydrogens (tertiary/aromatic N) is 6. The van der Waals surface area contributed by atoms with Crippen molar-refractivity contribution in [2.24, 2.45) is 12.0 Å². The van der Waals surface area contributed by atoms with Gasteiger partial charge in [-0.25, -0.2) is 0 Å². The molecule has 0 spiro atoms. The van der Waals surface area contributed by atoms with Crippen LogP contribution in [0.25, 0.3) is 0 Å². The van der Waals surface area contributed by atoms with Crippen molar-refractivity contribution in [2.75, 3.05) is 25.0 Å². The van der Waals surface area contributed by atoms with Crippen molar-refractivity contribution in [3.05, 3.63) is 41.5 Å². The van der Waals surface area contributed by atoms with Gasteiger partial charge in [-0.1, -0.05) is 12.1 Å². The monoisotopic (exact) mass is 366 g/mol. The molecule has 0 amide bonds. The topological polar surface area (TPSA) is 94.2 Å². The fourth-order valence-corrected chi connectivity index (χ4v) is 3.31. The van der Waals surface area contributed by atoms with Crippen LogP contribution in [0.15, 0.2) is 29.3 Å². The van der Waals surface area contributed by atoms with E-state index in [4.69, 9.17) is 0 Å². The molecular formula is C19H26N8. The van der Waals surface area contributed by atoms with E-state index < -0.39 is 0 Å². The third kappa shape index (κ3) is 4.37. The maximum atomic E-state index is 9.37. The highest BCUT2D eigenvalue weighted by Gasteiger charge is 2.22. The van der Waals surface area contributed by atoms with Crippen molar-refractivity contribution in [3.8, 4) is 6.07 Å². The molecule has 1 saturated heterocycles. The summed E-state index contributed by atoms with van der Waals surface area (Å²) in [6.45, 7) is 4.29. The molecule has 1 atom stereocenters. The molecule has 0 bridgehead atoms. The molecule has 1 aromatic carbocycles. The lowest BCUT2D eigenvalue weighted by atomic mass is 10.0. The van der Waals surface area contributed by atoms with Crippen LogP contribution in [-0.2, 0) is 13.6 Å². The number of piperidine rings is 1. The fraction of sp³-hybridized carbons (Fsp3) is 0.474. The smallest absolute Gasteiger partial charge is 0.191 e. The van der Waals surface area contributed by atoms with Gasteiger partial charge in [-0.15, -0.1) is 10.2 Å². The number of nitriles is 1. The van der Waals surface area contributed by atoms with E-state index in [-0.39, 0.29) is 6.04 Å². The Morgan fingerprint density at radius 3 is 2.89 bits per heavy atom. The highest BCUT2D eigenvalue weighted by atomic mass is 15.3. The summed E-state index contributed by atoms with van der Waals surface area (Å²) in [6, 6.07) is 10.3. The highest BCUT2D eigenvalue weighted by molar-refractivity contribution is 5.80. The van der Waals surface area contributed by atoms with Gasteiger partial charge in [-0.2, -0.15) is 5.26 Å². The number of aromatic nitrogens is 3. The average Bonchev–Trinajstić information content (AvgIpc) is 3.03. The Morgan fingerprint density at radius 1 is 1.37 bits per heavy atom. The van der Waals surface area contributed by atoms with Crippen LogP contribution in [0, 0.1) is 18.3 Å². The number of hydrogen-bond donors (Lipinski definition) is 2. The zero-order chi connectivity index (χ0) is 19.2. The number of anilines is 1. The number of hydrogen-bond acceptors (Lipinski definition) is 5. The predicted octanol–water partition coefficient (Wildman–Crippen LogP) is 1.33. The van der Waals surface area contributed by atoms with Crippen molar-refractivity contribution in [3.63, 3.8) is 0 Å². The first-order valence-corrected chi connectivity index (χ1v) is 9.18. The van der Waals surface area contributed by atoms with Crippen LogP contribution in [0.1, 0.15) is 30.1 Å². The zero-order valence-corrected chi connectivity index (χ0v) is 16.1. The quantitative estimate of drug-likeness (QED) is 0.626. The third-order valence-electron chi connectivity index (χ3n) is 4.95. The van der Waals surface area contributed by atoms with Crippen molar-refractivity contribution >= 4 is 11.6 Å². The van der Waals surface area contributed by atoms with E-state index >= 15 is 0 Å². The Balaban J connectivity index is 1.60. The minimum atomic E-state index is 0.262. The number of benzene rings is 1. The van der Waals surface area contributed by atoms with E-state index in [1.807, 2.05) is 42.8 Å². The van der Waals surface area contributed by atoms with E-state index in [0.29, 0.717) is 6.54 Å². The Kier molecular flexibility index (Phi) is 5.91. The average molecular weight is 366 g/mol. The van der Waals surface area contributed by atoms with E-state index in [1.54, 1.807) is 7.05 Å². The normalized spacial score (nSPS) is 17.5. The van der Waals surface area contributed by atoms with Crippen molar-refractivity contribution < 1.29 is 0 Å². The number of aryl methyl sites for hydroxylation is 1. The fourth-order valence-electron chi connectivity index (χ4n) is 3.31. The summed E-state index contributed by atoms with van der Waals surface area (Å²) in [7, 11) is 3.72. The Hall–Kier alpha value is -3.08. The van der Waals surface area contributed by atoms with Crippen LogP contribution in [0.4, 0.5) is 5.69 Å². The maximum Gasteiger partial charge on any atom is 0.191 e. The van der Waals surface area contributed by atoms with E-state index in [0.717, 1.165) is 54.8 Å². The molecule has 1 aliphatic heterocycles. The van der Waals surface area contributed by atoms with Crippen LogP contribution < -0.4 is 15.5 Å². The Labute approximate surface area is 159 Å². The first-order chi connectivity index (χ1) is 13.1. The third-order valence-corrected chi connectivity index (χ3v) is 4.95. The Morgan fingerprint density at radius 2 is 2.19 bits per heavy atom. The molecule has 1 fully saturated rings. The summed E-state index contributed by atoms with van der Waals surface area (Å²) < 4.78 is 1.96. The molecule has 8 nitrogen and oxygen atoms in total. The van der Waals surface area contributed by atoms with Crippen LogP contribution in [0.2, 0.25) is 0 Å². The summed E-state index contributed by atoms with van der Waals surface area (Å²) in [5, 5.41) is 24.4. The Bertz CT molecular complexity index is 848. The number of nitrogens with one attached hydrogen (secondary N) is 2. The predicted molar refractivity (Wildman–Crippen MR) is 105 cm³/mol. The van der Waals surface area contributed by atoms with Gasteiger partial charge in [0.25, 0.3) is 0 Å². The molecule has 0 saturated carbocycles. The van der Waals surface area contributed by atoms with Gasteiger partial charge in [0, 0.05) is 33.2 Å². The molecule has 0 aliphatic carbocycles. The lowest BCUT2D eigenvalue weighted by Gasteiger charge is -2.35. The van der Waals surface area contributed by atoms with Gasteiger partial charge in [0.15, 0.2) is 11.8 Å². The molecule has 8 heteroatoms. The summed E-state index contributed by atoms with van der Waals surface area (Å²) in [4.78, 5) is 6.61. The summed E-state index contributed by atoms with van der Waals surface area (Å²) in [5.74, 6) is 2.49. The number of guanidine groups is 1. The molecule has 0 radical (unpaired) electrons. The SMILES string of the molecule is CN=C(NCc1nnc(C)n1C)NC1CCCN(c2ccccc2C#N)C1. The van der Waals surface area contributed by atoms with Crippen LogP contribution >= 0.6 is 0 Å². The standard InChI is InChI=1S/C19H26N8/c1-14-24-25-18(26(14)3)12-22-19(21-2)23-16-8-6-10-27(13-16)17-9-5-4-7-15(17)11-20/h4-5,7,9,16H,6,8,10,12-13H2,1-3H3,(H2,21,22,23). The maximum absolute atomic E-state index is 9.37. The minimum absolute atomic E-state index is 0.262. The minimum Gasteiger partial charge on any atom is -0.368 e. The van der Waals surface area contributed by atoms with E-state index in [1.165, 1.54) is 0 Å². The number of aliphatic imine (C=N–C) groups is 1. The van der Waals surface area contributed by atoms with E-state index in [2.05, 4.69) is 36.8 Å². The van der Waals surface area contributed by atoms with Gasteiger partial charge in [-0.3, -0.25) is 4.99 Å². The van der Waals surface area contributed by atoms with Gasteiger partial charge in [0.05, 0.1) is 17.8 Å². The van der Waals surface area contributed by atoms with Crippen LogP contribution in [-0.4, -0.2) is 46.9 Å². The summed E-state index contributed by atoms with van der Waals surface area (Å²) in [6.07, 6.45) is 2.13. The van der Waals surface area contributed by atoms with Crippen molar-refractivity contribution in [2.45, 2.75) is 32.4 Å². The second-order valence-corrected chi connectivity index (χ2v) is 6.71. The molecule has 27 heavy (non-hydrogen) atoms. The number of rotatable bonds is 4. The molecule has 142 valence electrons. The first kappa shape index (κ1) is 18.7. The highest BCUT2D eigenvalue weighted by Crippen LogP contribution is 2.23. The van der Waals surface area contributed by atoms with Gasteiger partial charge in [-0.05, 0) is 31.9 Å². The number of para-hydroxylation sites is 1. The molecular weight excluding hydrogens is 340 g/mol. The molecule has 2 N–H and O–H groups in total. The summed E-state index contributed by atoms with van der Waals surface area (Å²) >= 11 is 0. The summed E-state index contributed by atoms with van der Waals surface area (Å²) in [5.41, 5.74) is 1.72. The zero-order valence-electron chi connectivity index (χ0n) is 16.1. The largest absolute Gasteiger partial charge is 0.368 e. The first-order valence-electron chi connectivity index (χ1n) is 9.18.